The highest BCUT2D eigenvalue weighted by Crippen LogP contribution is 2.25. The number of piperidine rings is 1. The number of carbonyl (C=O) groups is 1. The standard InChI is InChI=1S/C29H30FN3O3/c1-20-5-3-8-26-27(20)33(24-6-4-7-25(19-24)36-2)29(35)32(26)18-17-31-15-13-22(14-16-31)28(34)21-9-11-23(30)12-10-21/h3-12,19,22H,13-18H2,1-2H3. The van der Waals surface area contributed by atoms with Crippen molar-refractivity contribution >= 4 is 16.8 Å². The molecule has 1 aliphatic heterocycles. The van der Waals surface area contributed by atoms with Crippen molar-refractivity contribution in [2.45, 2.75) is 26.3 Å². The van der Waals surface area contributed by atoms with Crippen LogP contribution in [0.15, 0.2) is 71.5 Å². The summed E-state index contributed by atoms with van der Waals surface area (Å²) in [5.74, 6) is 0.404. The van der Waals surface area contributed by atoms with Crippen molar-refractivity contribution < 1.29 is 13.9 Å². The van der Waals surface area contributed by atoms with Gasteiger partial charge in [-0.1, -0.05) is 18.2 Å². The predicted octanol–water partition coefficient (Wildman–Crippen LogP) is 4.84. The Bertz CT molecular complexity index is 1450. The highest BCUT2D eigenvalue weighted by molar-refractivity contribution is 5.97. The first-order valence-electron chi connectivity index (χ1n) is 12.3. The zero-order valence-corrected chi connectivity index (χ0v) is 20.6. The van der Waals surface area contributed by atoms with Gasteiger partial charge in [0.2, 0.25) is 0 Å². The Balaban J connectivity index is 1.33. The maximum Gasteiger partial charge on any atom is 0.333 e. The first-order chi connectivity index (χ1) is 17.5. The number of methoxy groups -OCH3 is 1. The maximum atomic E-state index is 13.6. The number of benzene rings is 3. The molecule has 0 saturated carbocycles. The number of aryl methyl sites for hydroxylation is 1. The van der Waals surface area contributed by atoms with Crippen LogP contribution in [0.1, 0.15) is 28.8 Å². The van der Waals surface area contributed by atoms with Crippen LogP contribution in [-0.2, 0) is 6.54 Å². The fraction of sp³-hybridized carbons (Fsp3) is 0.310. The molecule has 1 aromatic heterocycles. The molecule has 0 radical (unpaired) electrons. The highest BCUT2D eigenvalue weighted by atomic mass is 19.1. The van der Waals surface area contributed by atoms with Gasteiger partial charge in [-0.15, -0.1) is 0 Å². The van der Waals surface area contributed by atoms with E-state index in [1.165, 1.54) is 12.1 Å². The first-order valence-corrected chi connectivity index (χ1v) is 12.3. The zero-order valence-electron chi connectivity index (χ0n) is 20.6. The van der Waals surface area contributed by atoms with Gasteiger partial charge in [0, 0.05) is 30.6 Å². The number of ketones is 1. The number of ether oxygens (including phenoxy) is 1. The summed E-state index contributed by atoms with van der Waals surface area (Å²) in [5.41, 5.74) is 4.11. The highest BCUT2D eigenvalue weighted by Gasteiger charge is 2.26. The molecule has 0 aliphatic carbocycles. The molecule has 3 aromatic carbocycles. The summed E-state index contributed by atoms with van der Waals surface area (Å²) in [6.07, 6.45) is 1.52. The molecule has 1 aliphatic rings. The van der Waals surface area contributed by atoms with E-state index in [1.807, 2.05) is 54.0 Å². The van der Waals surface area contributed by atoms with Gasteiger partial charge in [0.25, 0.3) is 0 Å². The Morgan fingerprint density at radius 2 is 1.72 bits per heavy atom. The molecule has 0 bridgehead atoms. The minimum absolute atomic E-state index is 0.0490. The number of fused-ring (bicyclic) bond motifs is 1. The summed E-state index contributed by atoms with van der Waals surface area (Å²) >= 11 is 0. The van der Waals surface area contributed by atoms with E-state index >= 15 is 0 Å². The molecule has 0 spiro atoms. The van der Waals surface area contributed by atoms with Crippen molar-refractivity contribution in [1.29, 1.82) is 0 Å². The molecule has 0 atom stereocenters. The minimum atomic E-state index is -0.334. The lowest BCUT2D eigenvalue weighted by atomic mass is 9.89. The maximum absolute atomic E-state index is 13.6. The van der Waals surface area contributed by atoms with Crippen LogP contribution in [-0.4, -0.2) is 46.6 Å². The third kappa shape index (κ3) is 4.58. The summed E-state index contributed by atoms with van der Waals surface area (Å²) in [6.45, 7) is 4.89. The number of hydrogen-bond acceptors (Lipinski definition) is 4. The summed E-state index contributed by atoms with van der Waals surface area (Å²) in [4.78, 5) is 28.7. The van der Waals surface area contributed by atoms with E-state index in [-0.39, 0.29) is 23.2 Å². The van der Waals surface area contributed by atoms with Crippen LogP contribution in [0.25, 0.3) is 16.7 Å². The number of hydrogen-bond donors (Lipinski definition) is 0. The van der Waals surface area contributed by atoms with Gasteiger partial charge in [-0.2, -0.15) is 0 Å². The first kappa shape index (κ1) is 24.0. The number of rotatable bonds is 7. The van der Waals surface area contributed by atoms with Crippen molar-refractivity contribution in [1.82, 2.24) is 14.0 Å². The van der Waals surface area contributed by atoms with E-state index in [2.05, 4.69) is 4.90 Å². The van der Waals surface area contributed by atoms with E-state index < -0.39 is 0 Å². The Morgan fingerprint density at radius 3 is 2.44 bits per heavy atom. The number of imidazole rings is 1. The molecule has 4 aromatic rings. The number of likely N-dealkylation sites (tertiary alicyclic amines) is 1. The van der Waals surface area contributed by atoms with Crippen LogP contribution in [0, 0.1) is 18.7 Å². The van der Waals surface area contributed by atoms with Crippen molar-refractivity contribution in [3.05, 3.63) is 94.2 Å². The lowest BCUT2D eigenvalue weighted by Crippen LogP contribution is -2.39. The van der Waals surface area contributed by atoms with Gasteiger partial charge in [-0.05, 0) is 80.9 Å². The monoisotopic (exact) mass is 487 g/mol. The molecule has 5 rings (SSSR count). The normalized spacial score (nSPS) is 14.9. The molecule has 186 valence electrons. The summed E-state index contributed by atoms with van der Waals surface area (Å²) in [6, 6.07) is 19.4. The quantitative estimate of drug-likeness (QED) is 0.350. The molecule has 2 heterocycles. The fourth-order valence-corrected chi connectivity index (χ4v) is 5.19. The second-order valence-corrected chi connectivity index (χ2v) is 9.40. The number of para-hydroxylation sites is 1. The molecule has 1 saturated heterocycles. The summed E-state index contributed by atoms with van der Waals surface area (Å²) < 4.78 is 22.2. The number of carbonyl (C=O) groups excluding carboxylic acids is 1. The minimum Gasteiger partial charge on any atom is -0.497 e. The van der Waals surface area contributed by atoms with E-state index in [9.17, 15) is 14.0 Å². The summed E-state index contributed by atoms with van der Waals surface area (Å²) in [7, 11) is 1.62. The topological polar surface area (TPSA) is 56.5 Å². The van der Waals surface area contributed by atoms with Crippen molar-refractivity contribution in [2.75, 3.05) is 26.7 Å². The van der Waals surface area contributed by atoms with Gasteiger partial charge in [-0.3, -0.25) is 13.9 Å². The van der Waals surface area contributed by atoms with Crippen LogP contribution in [0.5, 0.6) is 5.75 Å². The van der Waals surface area contributed by atoms with E-state index in [0.29, 0.717) is 17.9 Å². The lowest BCUT2D eigenvalue weighted by molar-refractivity contribution is 0.0837. The van der Waals surface area contributed by atoms with Crippen LogP contribution < -0.4 is 10.4 Å². The average molecular weight is 488 g/mol. The Labute approximate surface area is 209 Å². The second-order valence-electron chi connectivity index (χ2n) is 9.40. The number of nitrogens with zero attached hydrogens (tertiary/aromatic N) is 3. The zero-order chi connectivity index (χ0) is 25.2. The van der Waals surface area contributed by atoms with Crippen LogP contribution in [0.2, 0.25) is 0 Å². The van der Waals surface area contributed by atoms with Crippen LogP contribution in [0.3, 0.4) is 0 Å². The Morgan fingerprint density at radius 1 is 1.00 bits per heavy atom. The largest absolute Gasteiger partial charge is 0.497 e. The predicted molar refractivity (Wildman–Crippen MR) is 139 cm³/mol. The average Bonchev–Trinajstić information content (AvgIpc) is 3.20. The second kappa shape index (κ2) is 10.1. The lowest BCUT2D eigenvalue weighted by Gasteiger charge is -2.31. The molecule has 6 nitrogen and oxygen atoms in total. The number of aromatic nitrogens is 2. The molecule has 36 heavy (non-hydrogen) atoms. The smallest absolute Gasteiger partial charge is 0.333 e. The Kier molecular flexibility index (Phi) is 6.74. The summed E-state index contributed by atoms with van der Waals surface area (Å²) in [5, 5.41) is 0. The SMILES string of the molecule is COc1cccc(-n2c(=O)n(CCN3CCC(C(=O)c4ccc(F)cc4)CC3)c3cccc(C)c32)c1. The van der Waals surface area contributed by atoms with Crippen LogP contribution >= 0.6 is 0 Å². The van der Waals surface area contributed by atoms with Gasteiger partial charge in [0.1, 0.15) is 11.6 Å². The third-order valence-electron chi connectivity index (χ3n) is 7.19. The molecular formula is C29H30FN3O3. The van der Waals surface area contributed by atoms with Gasteiger partial charge in [-0.25, -0.2) is 9.18 Å². The van der Waals surface area contributed by atoms with Gasteiger partial charge < -0.3 is 9.64 Å². The van der Waals surface area contributed by atoms with Gasteiger partial charge >= 0.3 is 5.69 Å². The number of halogens is 1. The third-order valence-corrected chi connectivity index (χ3v) is 7.19. The molecule has 0 N–H and O–H groups in total. The van der Waals surface area contributed by atoms with E-state index in [4.69, 9.17) is 4.74 Å². The van der Waals surface area contributed by atoms with Crippen molar-refractivity contribution in [3.63, 3.8) is 0 Å². The fourth-order valence-electron chi connectivity index (χ4n) is 5.19. The molecule has 7 heteroatoms. The van der Waals surface area contributed by atoms with E-state index in [1.54, 1.807) is 23.8 Å². The molecule has 1 fully saturated rings. The molecule has 0 unspecified atom stereocenters. The van der Waals surface area contributed by atoms with Crippen molar-refractivity contribution in [2.24, 2.45) is 5.92 Å². The van der Waals surface area contributed by atoms with Gasteiger partial charge in [0.15, 0.2) is 5.78 Å². The van der Waals surface area contributed by atoms with Crippen molar-refractivity contribution in [3.8, 4) is 11.4 Å². The number of Topliss-reactive ketones (excluding diaryl/α,β-unsaturated/α-hetero) is 1. The van der Waals surface area contributed by atoms with E-state index in [0.717, 1.165) is 54.8 Å². The molecular weight excluding hydrogens is 457 g/mol. The molecule has 0 amide bonds. The van der Waals surface area contributed by atoms with Crippen LogP contribution in [0.4, 0.5) is 4.39 Å². The van der Waals surface area contributed by atoms with Gasteiger partial charge in [0.05, 0.1) is 23.8 Å². The Hall–Kier alpha value is -3.71.